The van der Waals surface area contributed by atoms with Gasteiger partial charge in [0.1, 0.15) is 17.2 Å². The van der Waals surface area contributed by atoms with Gasteiger partial charge in [-0.15, -0.1) is 0 Å². The maximum Gasteiger partial charge on any atom is 0.419 e. The van der Waals surface area contributed by atoms with E-state index in [2.05, 4.69) is 4.74 Å². The Bertz CT molecular complexity index is 1140. The molecule has 3 aromatic rings. The number of nitrogens with zero attached hydrogens (tertiary/aromatic N) is 1. The van der Waals surface area contributed by atoms with Crippen LogP contribution in [0.5, 0.6) is 0 Å². The summed E-state index contributed by atoms with van der Waals surface area (Å²) < 4.78 is 53.7. The van der Waals surface area contributed by atoms with E-state index in [0.717, 1.165) is 10.6 Å². The number of hydrogen-bond acceptors (Lipinski definition) is 4. The van der Waals surface area contributed by atoms with E-state index in [4.69, 9.17) is 4.74 Å². The van der Waals surface area contributed by atoms with Crippen molar-refractivity contribution in [2.24, 2.45) is 0 Å². The number of ether oxygens (including phenoxy) is 2. The third kappa shape index (κ3) is 4.73. The van der Waals surface area contributed by atoms with E-state index in [-0.39, 0.29) is 29.4 Å². The molecule has 0 aliphatic heterocycles. The Hall–Kier alpha value is -3.29. The van der Waals surface area contributed by atoms with Crippen LogP contribution < -0.4 is 0 Å². The van der Waals surface area contributed by atoms with Crippen molar-refractivity contribution in [2.75, 3.05) is 7.11 Å². The minimum atomic E-state index is -0.964. The molecule has 0 unspecified atom stereocenters. The van der Waals surface area contributed by atoms with Gasteiger partial charge in [-0.2, -0.15) is 0 Å². The molecule has 0 bridgehead atoms. The lowest BCUT2D eigenvalue weighted by Gasteiger charge is -2.21. The van der Waals surface area contributed by atoms with Crippen molar-refractivity contribution in [1.29, 1.82) is 0 Å². The van der Waals surface area contributed by atoms with Crippen molar-refractivity contribution in [2.45, 2.75) is 39.2 Å². The van der Waals surface area contributed by atoms with Crippen LogP contribution in [0, 0.1) is 17.5 Å². The molecule has 164 valence electrons. The van der Waals surface area contributed by atoms with Gasteiger partial charge in [-0.3, -0.25) is 4.79 Å². The van der Waals surface area contributed by atoms with Gasteiger partial charge in [0.15, 0.2) is 5.82 Å². The van der Waals surface area contributed by atoms with Gasteiger partial charge in [0, 0.05) is 17.9 Å². The molecule has 0 N–H and O–H groups in total. The van der Waals surface area contributed by atoms with Crippen molar-refractivity contribution < 1.29 is 32.2 Å². The largest absolute Gasteiger partial charge is 0.469 e. The number of rotatable bonds is 4. The van der Waals surface area contributed by atoms with Gasteiger partial charge in [0.05, 0.1) is 18.3 Å². The van der Waals surface area contributed by atoms with Gasteiger partial charge in [-0.25, -0.2) is 22.5 Å². The molecule has 0 amide bonds. The number of benzene rings is 2. The highest BCUT2D eigenvalue weighted by molar-refractivity contribution is 6.00. The van der Waals surface area contributed by atoms with Crippen LogP contribution in [-0.2, 0) is 20.7 Å². The van der Waals surface area contributed by atoms with E-state index in [1.54, 1.807) is 20.8 Å². The third-order valence-electron chi connectivity index (χ3n) is 4.59. The number of esters is 1. The maximum atomic E-state index is 14.9. The number of carbonyl (C=O) groups excluding carboxylic acids is 2. The first kappa shape index (κ1) is 22.4. The number of hydrogen-bond donors (Lipinski definition) is 0. The number of aromatic nitrogens is 1. The number of aryl methyl sites for hydroxylation is 1. The Morgan fingerprint density at radius 2 is 1.65 bits per heavy atom. The second-order valence-electron chi connectivity index (χ2n) is 8.01. The van der Waals surface area contributed by atoms with Crippen LogP contribution in [0.15, 0.2) is 36.4 Å². The molecule has 0 atom stereocenters. The molecule has 8 heteroatoms. The topological polar surface area (TPSA) is 57.5 Å². The van der Waals surface area contributed by atoms with Crippen LogP contribution in [0.2, 0.25) is 0 Å². The minimum Gasteiger partial charge on any atom is -0.469 e. The first-order valence-corrected chi connectivity index (χ1v) is 9.60. The highest BCUT2D eigenvalue weighted by Crippen LogP contribution is 2.37. The molecule has 31 heavy (non-hydrogen) atoms. The molecule has 3 rings (SSSR count). The number of carbonyl (C=O) groups is 2. The van der Waals surface area contributed by atoms with Crippen molar-refractivity contribution in [3.8, 4) is 11.3 Å². The summed E-state index contributed by atoms with van der Waals surface area (Å²) in [5, 5.41) is 0.117. The summed E-state index contributed by atoms with van der Waals surface area (Å²) in [6, 6.07) is 6.97. The van der Waals surface area contributed by atoms with Crippen LogP contribution in [0.4, 0.5) is 18.0 Å². The van der Waals surface area contributed by atoms with Crippen molar-refractivity contribution >= 4 is 23.0 Å². The molecule has 2 aromatic carbocycles. The maximum absolute atomic E-state index is 14.9. The van der Waals surface area contributed by atoms with Crippen LogP contribution in [0.25, 0.3) is 22.2 Å². The Labute approximate surface area is 177 Å². The lowest BCUT2D eigenvalue weighted by atomic mass is 10.0. The lowest BCUT2D eigenvalue weighted by molar-refractivity contribution is -0.140. The Balaban J connectivity index is 2.37. The van der Waals surface area contributed by atoms with E-state index in [1.165, 1.54) is 31.4 Å². The summed E-state index contributed by atoms with van der Waals surface area (Å²) >= 11 is 0. The first-order chi connectivity index (χ1) is 14.5. The second kappa shape index (κ2) is 8.45. The van der Waals surface area contributed by atoms with Crippen LogP contribution in [0.1, 0.15) is 32.8 Å². The quantitative estimate of drug-likeness (QED) is 0.502. The Morgan fingerprint density at radius 1 is 1.00 bits per heavy atom. The molecular weight excluding hydrogens is 411 g/mol. The predicted molar refractivity (Wildman–Crippen MR) is 109 cm³/mol. The molecule has 0 aliphatic rings. The highest BCUT2D eigenvalue weighted by atomic mass is 19.1. The van der Waals surface area contributed by atoms with Crippen LogP contribution in [-0.4, -0.2) is 29.3 Å². The molecule has 0 saturated carbocycles. The van der Waals surface area contributed by atoms with E-state index >= 15 is 0 Å². The SMILES string of the molecule is COC(=O)CCc1c(-c2ccc(F)cc2)n(C(=O)OC(C)(C)C)c2c(F)cc(F)cc12. The number of fused-ring (bicyclic) bond motifs is 1. The van der Waals surface area contributed by atoms with E-state index < -0.39 is 35.1 Å². The second-order valence-corrected chi connectivity index (χ2v) is 8.01. The number of methoxy groups -OCH3 is 1. The molecule has 0 radical (unpaired) electrons. The van der Waals surface area contributed by atoms with Gasteiger partial charge in [-0.1, -0.05) is 0 Å². The smallest absolute Gasteiger partial charge is 0.419 e. The summed E-state index contributed by atoms with van der Waals surface area (Å²) in [5.74, 6) is -2.83. The Morgan fingerprint density at radius 3 is 2.23 bits per heavy atom. The zero-order valence-corrected chi connectivity index (χ0v) is 17.6. The molecule has 0 fully saturated rings. The van der Waals surface area contributed by atoms with Crippen molar-refractivity contribution in [3.05, 3.63) is 59.4 Å². The summed E-state index contributed by atoms with van der Waals surface area (Å²) in [6.07, 6.45) is -0.933. The standard InChI is InChI=1S/C23H22F3NO4/c1-23(2,3)31-22(29)27-20(13-5-7-14(24)8-6-13)16(9-10-19(28)30-4)17-11-15(25)12-18(26)21(17)27/h5-8,11-12H,9-10H2,1-4H3. The average molecular weight is 433 g/mol. The average Bonchev–Trinajstić information content (AvgIpc) is 3.00. The van der Waals surface area contributed by atoms with Gasteiger partial charge in [0.25, 0.3) is 0 Å². The highest BCUT2D eigenvalue weighted by Gasteiger charge is 2.29. The molecule has 1 heterocycles. The molecule has 1 aromatic heterocycles. The van der Waals surface area contributed by atoms with Crippen molar-refractivity contribution in [1.82, 2.24) is 4.57 Å². The fourth-order valence-electron chi connectivity index (χ4n) is 3.38. The summed E-state index contributed by atoms with van der Waals surface area (Å²) in [7, 11) is 1.23. The monoisotopic (exact) mass is 433 g/mol. The summed E-state index contributed by atoms with van der Waals surface area (Å²) in [6.45, 7) is 4.97. The molecule has 0 spiro atoms. The molecular formula is C23H22F3NO4. The first-order valence-electron chi connectivity index (χ1n) is 9.60. The van der Waals surface area contributed by atoms with Crippen LogP contribution >= 0.6 is 0 Å². The molecule has 5 nitrogen and oxygen atoms in total. The lowest BCUT2D eigenvalue weighted by Crippen LogP contribution is -2.27. The van der Waals surface area contributed by atoms with Crippen molar-refractivity contribution in [3.63, 3.8) is 0 Å². The fraction of sp³-hybridized carbons (Fsp3) is 0.304. The van der Waals surface area contributed by atoms with Gasteiger partial charge in [0.2, 0.25) is 0 Å². The minimum absolute atomic E-state index is 0.0363. The number of halogens is 3. The Kier molecular flexibility index (Phi) is 6.10. The zero-order chi connectivity index (χ0) is 22.9. The molecule has 0 saturated heterocycles. The van der Waals surface area contributed by atoms with E-state index in [0.29, 0.717) is 17.2 Å². The summed E-state index contributed by atoms with van der Waals surface area (Å²) in [5.41, 5.74) is -0.164. The summed E-state index contributed by atoms with van der Waals surface area (Å²) in [4.78, 5) is 24.9. The van der Waals surface area contributed by atoms with Gasteiger partial charge in [-0.05, 0) is 68.7 Å². The fourth-order valence-corrected chi connectivity index (χ4v) is 3.38. The van der Waals surface area contributed by atoms with Crippen LogP contribution in [0.3, 0.4) is 0 Å². The third-order valence-corrected chi connectivity index (χ3v) is 4.59. The van der Waals surface area contributed by atoms with E-state index in [9.17, 15) is 22.8 Å². The molecule has 0 aliphatic carbocycles. The zero-order valence-electron chi connectivity index (χ0n) is 17.6. The normalized spacial score (nSPS) is 11.6. The predicted octanol–water partition coefficient (Wildman–Crippen LogP) is 5.61. The van der Waals surface area contributed by atoms with Gasteiger partial charge >= 0.3 is 12.1 Å². The van der Waals surface area contributed by atoms with E-state index in [1.807, 2.05) is 0 Å². The van der Waals surface area contributed by atoms with Gasteiger partial charge < -0.3 is 9.47 Å².